The molecule has 6 rings (SSSR count). The van der Waals surface area contributed by atoms with Gasteiger partial charge in [-0.15, -0.1) is 0 Å². The van der Waals surface area contributed by atoms with E-state index in [1.165, 1.54) is 19.3 Å². The molecule has 1 aromatic rings. The van der Waals surface area contributed by atoms with Gasteiger partial charge in [-0.05, 0) is 68.8 Å². The minimum absolute atomic E-state index is 0.0188. The highest BCUT2D eigenvalue weighted by molar-refractivity contribution is 5.90. The molecule has 1 aromatic carbocycles. The zero-order valence-electron chi connectivity index (χ0n) is 19.9. The number of carbonyl (C=O) groups excluding carboxylic acids is 2. The highest BCUT2D eigenvalue weighted by atomic mass is 16.5. The first kappa shape index (κ1) is 22.9. The van der Waals surface area contributed by atoms with Gasteiger partial charge >= 0.3 is 0 Å². The predicted molar refractivity (Wildman–Crippen MR) is 128 cm³/mol. The summed E-state index contributed by atoms with van der Waals surface area (Å²) in [6.07, 6.45) is 7.47. The predicted octanol–water partition coefficient (Wildman–Crippen LogP) is 2.77. The number of nitrogens with zero attached hydrogens (tertiary/aromatic N) is 1. The van der Waals surface area contributed by atoms with Gasteiger partial charge in [-0.25, -0.2) is 0 Å². The van der Waals surface area contributed by atoms with Crippen molar-refractivity contribution in [3.63, 3.8) is 0 Å². The van der Waals surface area contributed by atoms with Crippen LogP contribution in [-0.2, 0) is 20.7 Å². The maximum atomic E-state index is 13.7. The quantitative estimate of drug-likeness (QED) is 0.635. The summed E-state index contributed by atoms with van der Waals surface area (Å²) in [4.78, 5) is 29.4. The lowest BCUT2D eigenvalue weighted by molar-refractivity contribution is -0.148. The molecule has 0 unspecified atom stereocenters. The maximum Gasteiger partial charge on any atom is 0.243 e. The molecule has 1 aliphatic heterocycles. The van der Waals surface area contributed by atoms with Crippen LogP contribution in [0.5, 0.6) is 0 Å². The van der Waals surface area contributed by atoms with Crippen LogP contribution in [0.4, 0.5) is 0 Å². The first-order valence-corrected chi connectivity index (χ1v) is 12.9. The second-order valence-corrected chi connectivity index (χ2v) is 11.2. The van der Waals surface area contributed by atoms with Gasteiger partial charge in [0.25, 0.3) is 0 Å². The standard InChI is InChI=1S/C27H39N3O3/c1-19(18-30-7-9-33-10-8-30)28-25(31)24(14-20-5-3-2-4-6-20)29-26(32)27-15-21-11-22(16-27)13-23(12-21)17-27/h2-6,19,21-24H,7-18H2,1H3,(H,28,31)(H,29,32)/t19-,21?,22?,23?,24+,27?/m1/s1. The van der Waals surface area contributed by atoms with Crippen LogP contribution in [0.15, 0.2) is 30.3 Å². The van der Waals surface area contributed by atoms with E-state index in [-0.39, 0.29) is 23.3 Å². The van der Waals surface area contributed by atoms with Crippen molar-refractivity contribution in [2.75, 3.05) is 32.8 Å². The van der Waals surface area contributed by atoms with Crippen LogP contribution >= 0.6 is 0 Å². The average Bonchev–Trinajstić information content (AvgIpc) is 2.79. The Bertz CT molecular complexity index is 801. The van der Waals surface area contributed by atoms with Crippen molar-refractivity contribution < 1.29 is 14.3 Å². The van der Waals surface area contributed by atoms with Crippen molar-refractivity contribution >= 4 is 11.8 Å². The molecule has 1 saturated heterocycles. The molecule has 0 radical (unpaired) electrons. The Morgan fingerprint density at radius 1 is 1.00 bits per heavy atom. The Hall–Kier alpha value is -1.92. The van der Waals surface area contributed by atoms with Crippen molar-refractivity contribution in [2.24, 2.45) is 23.2 Å². The lowest BCUT2D eigenvalue weighted by Crippen LogP contribution is -2.58. The van der Waals surface area contributed by atoms with Crippen LogP contribution in [0, 0.1) is 23.2 Å². The van der Waals surface area contributed by atoms with Crippen LogP contribution in [0.1, 0.15) is 51.0 Å². The van der Waals surface area contributed by atoms with E-state index in [1.54, 1.807) is 0 Å². The highest BCUT2D eigenvalue weighted by Gasteiger charge is 2.55. The molecular weight excluding hydrogens is 414 g/mol. The van der Waals surface area contributed by atoms with Crippen LogP contribution in [-0.4, -0.2) is 61.6 Å². The molecule has 6 nitrogen and oxygen atoms in total. The van der Waals surface area contributed by atoms with E-state index in [2.05, 4.69) is 15.5 Å². The number of benzene rings is 1. The molecule has 2 atom stereocenters. The molecule has 4 saturated carbocycles. The molecule has 2 amide bonds. The molecule has 5 fully saturated rings. The summed E-state index contributed by atoms with van der Waals surface area (Å²) in [5.41, 5.74) is 0.827. The van der Waals surface area contributed by atoms with E-state index in [9.17, 15) is 9.59 Å². The third-order valence-corrected chi connectivity index (χ3v) is 8.45. The highest BCUT2D eigenvalue weighted by Crippen LogP contribution is 2.60. The number of nitrogens with one attached hydrogen (secondary N) is 2. The van der Waals surface area contributed by atoms with Crippen LogP contribution in [0.25, 0.3) is 0 Å². The summed E-state index contributed by atoms with van der Waals surface area (Å²) in [5.74, 6) is 2.17. The molecule has 0 aromatic heterocycles. The molecule has 33 heavy (non-hydrogen) atoms. The Labute approximate surface area is 197 Å². The summed E-state index contributed by atoms with van der Waals surface area (Å²) >= 11 is 0. The fourth-order valence-corrected chi connectivity index (χ4v) is 7.32. The van der Waals surface area contributed by atoms with Crippen LogP contribution in [0.3, 0.4) is 0 Å². The van der Waals surface area contributed by atoms with Crippen molar-refractivity contribution in [2.45, 2.75) is 64.0 Å². The number of amides is 2. The summed E-state index contributed by atoms with van der Waals surface area (Å²) in [5, 5.41) is 6.44. The topological polar surface area (TPSA) is 70.7 Å². The minimum atomic E-state index is -0.542. The van der Waals surface area contributed by atoms with Gasteiger partial charge in [0.2, 0.25) is 11.8 Å². The lowest BCUT2D eigenvalue weighted by Gasteiger charge is -2.55. The molecule has 180 valence electrons. The van der Waals surface area contributed by atoms with E-state index in [1.807, 2.05) is 37.3 Å². The smallest absolute Gasteiger partial charge is 0.243 e. The fourth-order valence-electron chi connectivity index (χ4n) is 7.32. The Balaban J connectivity index is 1.26. The summed E-state index contributed by atoms with van der Waals surface area (Å²) in [6, 6.07) is 9.52. The maximum absolute atomic E-state index is 13.7. The van der Waals surface area contributed by atoms with Crippen LogP contribution < -0.4 is 10.6 Å². The molecule has 4 aliphatic carbocycles. The summed E-state index contributed by atoms with van der Waals surface area (Å²) in [6.45, 7) is 6.15. The molecular formula is C27H39N3O3. The number of hydrogen-bond donors (Lipinski definition) is 2. The fraction of sp³-hybridized carbons (Fsp3) is 0.704. The minimum Gasteiger partial charge on any atom is -0.379 e. The Morgan fingerprint density at radius 3 is 2.21 bits per heavy atom. The number of carbonyl (C=O) groups is 2. The average molecular weight is 454 g/mol. The van der Waals surface area contributed by atoms with Gasteiger partial charge in [-0.3, -0.25) is 14.5 Å². The largest absolute Gasteiger partial charge is 0.379 e. The van der Waals surface area contributed by atoms with Crippen molar-refractivity contribution in [3.05, 3.63) is 35.9 Å². The number of hydrogen-bond acceptors (Lipinski definition) is 4. The summed E-state index contributed by atoms with van der Waals surface area (Å²) < 4.78 is 5.43. The zero-order chi connectivity index (χ0) is 22.8. The monoisotopic (exact) mass is 453 g/mol. The Kier molecular flexibility index (Phi) is 6.75. The second kappa shape index (κ2) is 9.75. The molecule has 2 N–H and O–H groups in total. The molecule has 6 heteroatoms. The van der Waals surface area contributed by atoms with E-state index in [0.717, 1.165) is 57.7 Å². The third kappa shape index (κ3) is 5.27. The first-order valence-electron chi connectivity index (χ1n) is 12.9. The van der Waals surface area contributed by atoms with Gasteiger partial charge in [0.15, 0.2) is 0 Å². The van der Waals surface area contributed by atoms with E-state index in [4.69, 9.17) is 4.74 Å². The number of rotatable bonds is 8. The van der Waals surface area contributed by atoms with Crippen molar-refractivity contribution in [1.82, 2.24) is 15.5 Å². The third-order valence-electron chi connectivity index (χ3n) is 8.45. The van der Waals surface area contributed by atoms with Gasteiger partial charge in [0.1, 0.15) is 6.04 Å². The van der Waals surface area contributed by atoms with Gasteiger partial charge in [0.05, 0.1) is 13.2 Å². The molecule has 1 heterocycles. The van der Waals surface area contributed by atoms with Crippen molar-refractivity contribution in [3.8, 4) is 0 Å². The second-order valence-electron chi connectivity index (χ2n) is 11.2. The normalized spacial score (nSPS) is 32.8. The molecule has 5 aliphatic rings. The van der Waals surface area contributed by atoms with E-state index in [0.29, 0.717) is 24.2 Å². The van der Waals surface area contributed by atoms with Gasteiger partial charge in [-0.1, -0.05) is 30.3 Å². The lowest BCUT2D eigenvalue weighted by atomic mass is 9.49. The SMILES string of the molecule is C[C@H](CN1CCOCC1)NC(=O)[C@H](Cc1ccccc1)NC(=O)C12CC3CC(CC(C3)C1)C2. The first-order chi connectivity index (χ1) is 16.0. The summed E-state index contributed by atoms with van der Waals surface area (Å²) in [7, 11) is 0. The number of ether oxygens (including phenoxy) is 1. The van der Waals surface area contributed by atoms with E-state index < -0.39 is 6.04 Å². The van der Waals surface area contributed by atoms with E-state index >= 15 is 0 Å². The van der Waals surface area contributed by atoms with Crippen LogP contribution in [0.2, 0.25) is 0 Å². The molecule has 4 bridgehead atoms. The van der Waals surface area contributed by atoms with Gasteiger partial charge < -0.3 is 15.4 Å². The van der Waals surface area contributed by atoms with Gasteiger partial charge in [-0.2, -0.15) is 0 Å². The number of morpholine rings is 1. The zero-order valence-corrected chi connectivity index (χ0v) is 19.9. The molecule has 0 spiro atoms. The van der Waals surface area contributed by atoms with Gasteiger partial charge in [0, 0.05) is 37.5 Å². The Morgan fingerprint density at radius 2 is 1.61 bits per heavy atom. The van der Waals surface area contributed by atoms with Crippen molar-refractivity contribution in [1.29, 1.82) is 0 Å².